The van der Waals surface area contributed by atoms with E-state index in [2.05, 4.69) is 40.3 Å². The topological polar surface area (TPSA) is 73.2 Å². The maximum atomic E-state index is 12.4. The van der Waals surface area contributed by atoms with Gasteiger partial charge in [0, 0.05) is 17.3 Å². The van der Waals surface area contributed by atoms with Crippen LogP contribution in [0.5, 0.6) is 0 Å². The van der Waals surface area contributed by atoms with Crippen LogP contribution in [0.25, 0.3) is 0 Å². The Morgan fingerprint density at radius 3 is 2.41 bits per heavy atom. The van der Waals surface area contributed by atoms with Crippen molar-refractivity contribution in [3.63, 3.8) is 0 Å². The van der Waals surface area contributed by atoms with Gasteiger partial charge in [0.1, 0.15) is 0 Å². The first-order chi connectivity index (χ1) is 13.0. The second-order valence-corrected chi connectivity index (χ2v) is 6.34. The smallest absolute Gasteiger partial charge is 0.337 e. The van der Waals surface area contributed by atoms with Crippen molar-refractivity contribution in [3.8, 4) is 0 Å². The zero-order valence-corrected chi connectivity index (χ0v) is 15.5. The van der Waals surface area contributed by atoms with Crippen LogP contribution in [0.15, 0.2) is 54.6 Å². The van der Waals surface area contributed by atoms with Crippen LogP contribution in [0.1, 0.15) is 37.5 Å². The number of amides is 1. The minimum absolute atomic E-state index is 0.286. The average molecular weight is 363 g/mol. The van der Waals surface area contributed by atoms with Crippen molar-refractivity contribution >= 4 is 17.7 Å². The maximum absolute atomic E-state index is 12.4. The minimum Gasteiger partial charge on any atom is -0.465 e. The fraction of sp³-hybridized carbons (Fsp3) is 0.190. The summed E-state index contributed by atoms with van der Waals surface area (Å²) in [7, 11) is 1.32. The lowest BCUT2D eigenvalue weighted by Gasteiger charge is -2.06. The number of rotatable bonds is 5. The summed E-state index contributed by atoms with van der Waals surface area (Å²) in [6.45, 7) is 4.64. The van der Waals surface area contributed by atoms with Crippen LogP contribution >= 0.6 is 0 Å². The highest BCUT2D eigenvalue weighted by atomic mass is 16.5. The molecule has 0 saturated heterocycles. The third-order valence-electron chi connectivity index (χ3n) is 4.21. The Morgan fingerprint density at radius 2 is 1.74 bits per heavy atom. The SMILES string of the molecule is COC(=O)c1ccc(C(=O)Nc2cc(C)n(Cc3cccc(C)c3)n2)cc1. The molecule has 0 radical (unpaired) electrons. The molecule has 3 aromatic rings. The molecule has 0 spiro atoms. The van der Waals surface area contributed by atoms with Gasteiger partial charge in [-0.25, -0.2) is 4.79 Å². The van der Waals surface area contributed by atoms with E-state index in [4.69, 9.17) is 0 Å². The third kappa shape index (κ3) is 4.41. The second-order valence-electron chi connectivity index (χ2n) is 6.34. The maximum Gasteiger partial charge on any atom is 0.337 e. The summed E-state index contributed by atoms with van der Waals surface area (Å²) >= 11 is 0. The lowest BCUT2D eigenvalue weighted by atomic mass is 10.1. The van der Waals surface area contributed by atoms with Crippen molar-refractivity contribution < 1.29 is 14.3 Å². The van der Waals surface area contributed by atoms with E-state index in [9.17, 15) is 9.59 Å². The Morgan fingerprint density at radius 1 is 1.04 bits per heavy atom. The van der Waals surface area contributed by atoms with Gasteiger partial charge in [-0.3, -0.25) is 9.48 Å². The number of aryl methyl sites for hydroxylation is 2. The summed E-state index contributed by atoms with van der Waals surface area (Å²) in [5.41, 5.74) is 4.13. The minimum atomic E-state index is -0.438. The molecule has 0 aliphatic heterocycles. The van der Waals surface area contributed by atoms with Gasteiger partial charge in [-0.05, 0) is 43.7 Å². The summed E-state index contributed by atoms with van der Waals surface area (Å²) < 4.78 is 6.50. The average Bonchev–Trinajstić information content (AvgIpc) is 3.00. The van der Waals surface area contributed by atoms with Crippen LogP contribution in [0.2, 0.25) is 0 Å². The molecule has 27 heavy (non-hydrogen) atoms. The predicted molar refractivity (Wildman–Crippen MR) is 103 cm³/mol. The number of nitrogens with zero attached hydrogens (tertiary/aromatic N) is 2. The number of hydrogen-bond donors (Lipinski definition) is 1. The van der Waals surface area contributed by atoms with Gasteiger partial charge in [0.25, 0.3) is 5.91 Å². The van der Waals surface area contributed by atoms with Gasteiger partial charge in [0.05, 0.1) is 19.2 Å². The van der Waals surface area contributed by atoms with Gasteiger partial charge in [0.2, 0.25) is 0 Å². The van der Waals surface area contributed by atoms with Gasteiger partial charge < -0.3 is 10.1 Å². The number of nitrogens with one attached hydrogen (secondary N) is 1. The van der Waals surface area contributed by atoms with Crippen molar-refractivity contribution in [1.82, 2.24) is 9.78 Å². The first-order valence-electron chi connectivity index (χ1n) is 8.56. The molecule has 1 heterocycles. The van der Waals surface area contributed by atoms with Gasteiger partial charge in [-0.1, -0.05) is 29.8 Å². The van der Waals surface area contributed by atoms with Crippen molar-refractivity contribution in [3.05, 3.63) is 82.5 Å². The molecule has 0 aliphatic carbocycles. The van der Waals surface area contributed by atoms with E-state index >= 15 is 0 Å². The number of ether oxygens (including phenoxy) is 1. The number of hydrogen-bond acceptors (Lipinski definition) is 4. The van der Waals surface area contributed by atoms with E-state index in [0.29, 0.717) is 23.5 Å². The number of esters is 1. The molecule has 6 heteroatoms. The molecule has 138 valence electrons. The molecule has 3 rings (SSSR count). The van der Waals surface area contributed by atoms with E-state index < -0.39 is 5.97 Å². The fourth-order valence-electron chi connectivity index (χ4n) is 2.78. The van der Waals surface area contributed by atoms with Crippen LogP contribution in [-0.4, -0.2) is 28.8 Å². The van der Waals surface area contributed by atoms with Crippen LogP contribution in [0.4, 0.5) is 5.82 Å². The monoisotopic (exact) mass is 363 g/mol. The van der Waals surface area contributed by atoms with Crippen molar-refractivity contribution in [2.24, 2.45) is 0 Å². The molecule has 1 aromatic heterocycles. The second kappa shape index (κ2) is 7.86. The first-order valence-corrected chi connectivity index (χ1v) is 8.56. The van der Waals surface area contributed by atoms with Crippen LogP contribution < -0.4 is 5.32 Å². The summed E-state index contributed by atoms with van der Waals surface area (Å²) in [5, 5.41) is 7.26. The molecular formula is C21H21N3O3. The van der Waals surface area contributed by atoms with Crippen molar-refractivity contribution in [1.29, 1.82) is 0 Å². The molecular weight excluding hydrogens is 342 g/mol. The lowest BCUT2D eigenvalue weighted by Crippen LogP contribution is -2.13. The van der Waals surface area contributed by atoms with Gasteiger partial charge in [0.15, 0.2) is 5.82 Å². The van der Waals surface area contributed by atoms with Crippen LogP contribution in [-0.2, 0) is 11.3 Å². The molecule has 0 saturated carbocycles. The van der Waals surface area contributed by atoms with Gasteiger partial charge in [-0.2, -0.15) is 5.10 Å². The zero-order valence-electron chi connectivity index (χ0n) is 15.5. The van der Waals surface area contributed by atoms with E-state index in [1.54, 1.807) is 24.3 Å². The number of carbonyl (C=O) groups excluding carboxylic acids is 2. The van der Waals surface area contributed by atoms with E-state index in [1.807, 2.05) is 23.7 Å². The summed E-state index contributed by atoms with van der Waals surface area (Å²) in [6, 6.07) is 16.3. The highest BCUT2D eigenvalue weighted by molar-refractivity contribution is 6.04. The van der Waals surface area contributed by atoms with E-state index in [0.717, 1.165) is 11.3 Å². The molecule has 6 nitrogen and oxygen atoms in total. The van der Waals surface area contributed by atoms with Crippen molar-refractivity contribution in [2.75, 3.05) is 12.4 Å². The van der Waals surface area contributed by atoms with Gasteiger partial charge >= 0.3 is 5.97 Å². The van der Waals surface area contributed by atoms with Crippen LogP contribution in [0, 0.1) is 13.8 Å². The fourth-order valence-corrected chi connectivity index (χ4v) is 2.78. The van der Waals surface area contributed by atoms with Crippen LogP contribution in [0.3, 0.4) is 0 Å². The quantitative estimate of drug-likeness (QED) is 0.703. The number of anilines is 1. The Labute approximate surface area is 157 Å². The summed E-state index contributed by atoms with van der Waals surface area (Å²) in [4.78, 5) is 23.9. The highest BCUT2D eigenvalue weighted by Crippen LogP contribution is 2.14. The molecule has 0 aliphatic rings. The molecule has 1 N–H and O–H groups in total. The van der Waals surface area contributed by atoms with E-state index in [-0.39, 0.29) is 5.91 Å². The number of carbonyl (C=O) groups is 2. The Kier molecular flexibility index (Phi) is 5.35. The summed E-state index contributed by atoms with van der Waals surface area (Å²) in [6.07, 6.45) is 0. The standard InChI is InChI=1S/C21H21N3O3/c1-14-5-4-6-16(11-14)13-24-15(2)12-19(23-24)22-20(25)17-7-9-18(10-8-17)21(26)27-3/h4-12H,13H2,1-3H3,(H,22,23,25). The predicted octanol–water partition coefficient (Wildman–Crippen LogP) is 3.59. The molecule has 0 atom stereocenters. The highest BCUT2D eigenvalue weighted by Gasteiger charge is 2.12. The molecule has 0 unspecified atom stereocenters. The normalized spacial score (nSPS) is 10.5. The zero-order chi connectivity index (χ0) is 19.4. The lowest BCUT2D eigenvalue weighted by molar-refractivity contribution is 0.0600. The van der Waals surface area contributed by atoms with Crippen molar-refractivity contribution in [2.45, 2.75) is 20.4 Å². The molecule has 1 amide bonds. The Bertz CT molecular complexity index is 975. The van der Waals surface area contributed by atoms with Gasteiger partial charge in [-0.15, -0.1) is 0 Å². The number of methoxy groups -OCH3 is 1. The molecule has 0 fully saturated rings. The largest absolute Gasteiger partial charge is 0.465 e. The third-order valence-corrected chi connectivity index (χ3v) is 4.21. The Hall–Kier alpha value is -3.41. The summed E-state index contributed by atoms with van der Waals surface area (Å²) in [5.74, 6) is -0.235. The Balaban J connectivity index is 1.70. The first kappa shape index (κ1) is 18.4. The molecule has 2 aromatic carbocycles. The van der Waals surface area contributed by atoms with E-state index in [1.165, 1.54) is 12.7 Å². The number of benzene rings is 2. The number of aromatic nitrogens is 2. The molecule has 0 bridgehead atoms.